The summed E-state index contributed by atoms with van der Waals surface area (Å²) in [7, 11) is 0. The Bertz CT molecular complexity index is 431. The molecule has 5 nitrogen and oxygen atoms in total. The number of hydrogen-bond acceptors (Lipinski definition) is 4. The summed E-state index contributed by atoms with van der Waals surface area (Å²) in [5.41, 5.74) is -0.0493. The first-order valence-corrected chi connectivity index (χ1v) is 6.42. The van der Waals surface area contributed by atoms with Crippen LogP contribution in [0.1, 0.15) is 34.1 Å². The van der Waals surface area contributed by atoms with Crippen molar-refractivity contribution in [1.82, 2.24) is 9.78 Å². The van der Waals surface area contributed by atoms with Gasteiger partial charge in [0, 0.05) is 25.7 Å². The molecule has 102 valence electrons. The van der Waals surface area contributed by atoms with E-state index in [1.54, 1.807) is 26.1 Å². The van der Waals surface area contributed by atoms with Crippen LogP contribution in [0.3, 0.4) is 0 Å². The van der Waals surface area contributed by atoms with Gasteiger partial charge in [-0.25, -0.2) is 4.68 Å². The van der Waals surface area contributed by atoms with Crippen molar-refractivity contribution in [1.29, 1.82) is 0 Å². The lowest BCUT2D eigenvalue weighted by atomic mass is 10.1. The number of aryl methyl sites for hydroxylation is 1. The molecule has 1 rings (SSSR count). The summed E-state index contributed by atoms with van der Waals surface area (Å²) < 4.78 is 1.39. The number of nitrogens with zero attached hydrogens (tertiary/aromatic N) is 3. The van der Waals surface area contributed by atoms with Crippen molar-refractivity contribution in [3.8, 4) is 0 Å². The van der Waals surface area contributed by atoms with Gasteiger partial charge in [-0.3, -0.25) is 4.79 Å². The van der Waals surface area contributed by atoms with Crippen LogP contribution in [-0.2, 0) is 6.54 Å². The zero-order valence-corrected chi connectivity index (χ0v) is 11.7. The van der Waals surface area contributed by atoms with Gasteiger partial charge in [0.15, 0.2) is 0 Å². The zero-order chi connectivity index (χ0) is 13.8. The molecule has 0 bridgehead atoms. The highest BCUT2D eigenvalue weighted by Crippen LogP contribution is 2.10. The molecule has 0 aliphatic carbocycles. The smallest absolute Gasteiger partial charge is 0.268 e. The monoisotopic (exact) mass is 253 g/mol. The van der Waals surface area contributed by atoms with Gasteiger partial charge in [-0.1, -0.05) is 0 Å². The van der Waals surface area contributed by atoms with Crippen LogP contribution in [0.2, 0.25) is 0 Å². The van der Waals surface area contributed by atoms with Crippen molar-refractivity contribution in [3.05, 3.63) is 22.6 Å². The summed E-state index contributed by atoms with van der Waals surface area (Å²) in [6.45, 7) is 9.68. The van der Waals surface area contributed by atoms with E-state index in [1.807, 2.05) is 13.8 Å². The van der Waals surface area contributed by atoms with Crippen LogP contribution in [-0.4, -0.2) is 33.6 Å². The molecule has 1 aromatic heterocycles. The first kappa shape index (κ1) is 14.7. The van der Waals surface area contributed by atoms with Crippen LogP contribution in [0.4, 0.5) is 5.69 Å². The molecule has 0 amide bonds. The molecular weight excluding hydrogens is 230 g/mol. The Labute approximate surface area is 108 Å². The fourth-order valence-electron chi connectivity index (χ4n) is 1.73. The molecule has 1 aromatic rings. The maximum absolute atomic E-state index is 11.9. The third-order valence-electron chi connectivity index (χ3n) is 2.92. The molecule has 0 saturated heterocycles. The molecule has 5 heteroatoms. The van der Waals surface area contributed by atoms with Gasteiger partial charge < -0.3 is 10.0 Å². The van der Waals surface area contributed by atoms with Crippen molar-refractivity contribution >= 4 is 5.69 Å². The van der Waals surface area contributed by atoms with Crippen molar-refractivity contribution in [2.45, 2.75) is 46.3 Å². The number of anilines is 1. The highest BCUT2D eigenvalue weighted by Gasteiger charge is 2.13. The van der Waals surface area contributed by atoms with Crippen molar-refractivity contribution < 1.29 is 5.11 Å². The molecule has 0 unspecified atom stereocenters. The lowest BCUT2D eigenvalue weighted by Crippen LogP contribution is -2.30. The van der Waals surface area contributed by atoms with Crippen LogP contribution in [0.25, 0.3) is 0 Å². The van der Waals surface area contributed by atoms with E-state index >= 15 is 0 Å². The fraction of sp³-hybridized carbons (Fsp3) is 0.692. The number of aliphatic hydroxyl groups is 1. The largest absolute Gasteiger partial charge is 0.390 e. The highest BCUT2D eigenvalue weighted by atomic mass is 16.3. The van der Waals surface area contributed by atoms with Crippen molar-refractivity contribution in [2.24, 2.45) is 0 Å². The van der Waals surface area contributed by atoms with Crippen molar-refractivity contribution in [2.75, 3.05) is 18.0 Å². The molecule has 1 heterocycles. The second-order valence-electron chi connectivity index (χ2n) is 5.01. The first-order valence-electron chi connectivity index (χ1n) is 6.42. The SMILES string of the molecule is CCN(CC)c1cnn(CCC(C)(C)O)c(=O)c1. The standard InChI is InChI=1S/C13H23N3O2/c1-5-15(6-2)11-9-12(17)16(14-10-11)8-7-13(3,4)18/h9-10,18H,5-8H2,1-4H3. The molecule has 0 spiro atoms. The summed E-state index contributed by atoms with van der Waals surface area (Å²) in [6, 6.07) is 1.60. The fourth-order valence-corrected chi connectivity index (χ4v) is 1.73. The van der Waals surface area contributed by atoms with E-state index in [1.165, 1.54) is 4.68 Å². The molecule has 0 radical (unpaired) electrons. The Hall–Kier alpha value is -1.36. The lowest BCUT2D eigenvalue weighted by molar-refractivity contribution is 0.0646. The summed E-state index contributed by atoms with van der Waals surface area (Å²) in [5, 5.41) is 13.8. The van der Waals surface area contributed by atoms with Crippen LogP contribution in [0, 0.1) is 0 Å². The van der Waals surface area contributed by atoms with Crippen LogP contribution in [0.15, 0.2) is 17.1 Å². The summed E-state index contributed by atoms with van der Waals surface area (Å²) in [5.74, 6) is 0. The molecule has 0 fully saturated rings. The van der Waals surface area contributed by atoms with Gasteiger partial charge in [-0.15, -0.1) is 0 Å². The molecule has 1 N–H and O–H groups in total. The molecule has 0 aliphatic rings. The molecule has 0 aromatic carbocycles. The summed E-state index contributed by atoms with van der Waals surface area (Å²) in [6.07, 6.45) is 2.21. The van der Waals surface area contributed by atoms with E-state index in [-0.39, 0.29) is 5.56 Å². The van der Waals surface area contributed by atoms with E-state index in [0.717, 1.165) is 18.8 Å². The van der Waals surface area contributed by atoms with Gasteiger partial charge in [-0.2, -0.15) is 5.10 Å². The highest BCUT2D eigenvalue weighted by molar-refractivity contribution is 5.42. The summed E-state index contributed by atoms with van der Waals surface area (Å²) >= 11 is 0. The first-order chi connectivity index (χ1) is 8.37. The average Bonchev–Trinajstić information content (AvgIpc) is 2.28. The minimum Gasteiger partial charge on any atom is -0.390 e. The molecule has 0 saturated carbocycles. The minimum absolute atomic E-state index is 0.122. The Kier molecular flexibility index (Phi) is 4.90. The lowest BCUT2D eigenvalue weighted by Gasteiger charge is -2.21. The Morgan fingerprint density at radius 1 is 1.39 bits per heavy atom. The molecule has 18 heavy (non-hydrogen) atoms. The predicted octanol–water partition coefficient (Wildman–Crippen LogP) is 1.25. The van der Waals surface area contributed by atoms with Crippen LogP contribution in [0.5, 0.6) is 0 Å². The third kappa shape index (κ3) is 4.14. The van der Waals surface area contributed by atoms with Crippen LogP contribution >= 0.6 is 0 Å². The minimum atomic E-state index is -0.779. The predicted molar refractivity (Wildman–Crippen MR) is 73.0 cm³/mol. The van der Waals surface area contributed by atoms with Crippen LogP contribution < -0.4 is 10.5 Å². The topological polar surface area (TPSA) is 58.4 Å². The van der Waals surface area contributed by atoms with Gasteiger partial charge in [0.25, 0.3) is 5.56 Å². The third-order valence-corrected chi connectivity index (χ3v) is 2.92. The second-order valence-corrected chi connectivity index (χ2v) is 5.01. The van der Waals surface area contributed by atoms with Gasteiger partial charge >= 0.3 is 0 Å². The van der Waals surface area contributed by atoms with Gasteiger partial charge in [0.05, 0.1) is 17.5 Å². The van der Waals surface area contributed by atoms with E-state index in [0.29, 0.717) is 13.0 Å². The second kappa shape index (κ2) is 6.00. The normalized spacial score (nSPS) is 11.6. The Morgan fingerprint density at radius 3 is 2.44 bits per heavy atom. The van der Waals surface area contributed by atoms with E-state index in [2.05, 4.69) is 10.00 Å². The number of hydrogen-bond donors (Lipinski definition) is 1. The van der Waals surface area contributed by atoms with E-state index < -0.39 is 5.60 Å². The zero-order valence-electron chi connectivity index (χ0n) is 11.7. The van der Waals surface area contributed by atoms with Gasteiger partial charge in [0.1, 0.15) is 0 Å². The molecule has 0 aliphatic heterocycles. The number of aromatic nitrogens is 2. The molecule has 0 atom stereocenters. The van der Waals surface area contributed by atoms with Gasteiger partial charge in [0.2, 0.25) is 0 Å². The number of rotatable bonds is 6. The maximum atomic E-state index is 11.9. The molecular formula is C13H23N3O2. The van der Waals surface area contributed by atoms with Crippen molar-refractivity contribution in [3.63, 3.8) is 0 Å². The van der Waals surface area contributed by atoms with E-state index in [4.69, 9.17) is 0 Å². The Balaban J connectivity index is 2.83. The average molecular weight is 253 g/mol. The maximum Gasteiger partial charge on any atom is 0.268 e. The quantitative estimate of drug-likeness (QED) is 0.829. The van der Waals surface area contributed by atoms with Gasteiger partial charge in [-0.05, 0) is 34.1 Å². The Morgan fingerprint density at radius 2 is 2.00 bits per heavy atom. The van der Waals surface area contributed by atoms with E-state index in [9.17, 15) is 9.90 Å². The summed E-state index contributed by atoms with van der Waals surface area (Å²) in [4.78, 5) is 14.0.